The van der Waals surface area contributed by atoms with Crippen LogP contribution in [-0.4, -0.2) is 47.0 Å². The predicted octanol–water partition coefficient (Wildman–Crippen LogP) is 5.89. The average molecular weight is 503 g/mol. The highest BCUT2D eigenvalue weighted by molar-refractivity contribution is 7.19. The van der Waals surface area contributed by atoms with Crippen LogP contribution in [0.1, 0.15) is 64.8 Å². The molecular formula is C26H29F3N4OS. The fourth-order valence-electron chi connectivity index (χ4n) is 5.05. The first-order valence-electron chi connectivity index (χ1n) is 12.4. The Morgan fingerprint density at radius 1 is 1.06 bits per heavy atom. The van der Waals surface area contributed by atoms with Crippen molar-refractivity contribution in [2.45, 2.75) is 58.0 Å². The summed E-state index contributed by atoms with van der Waals surface area (Å²) in [7, 11) is 0. The molecule has 2 aromatic heterocycles. The lowest BCUT2D eigenvalue weighted by Crippen LogP contribution is -2.49. The van der Waals surface area contributed by atoms with Crippen molar-refractivity contribution in [3.05, 3.63) is 51.7 Å². The Kier molecular flexibility index (Phi) is 6.70. The first-order chi connectivity index (χ1) is 16.8. The molecule has 0 spiro atoms. The van der Waals surface area contributed by atoms with E-state index < -0.39 is 11.7 Å². The van der Waals surface area contributed by atoms with Gasteiger partial charge in [-0.25, -0.2) is 9.97 Å². The van der Waals surface area contributed by atoms with Gasteiger partial charge in [-0.1, -0.05) is 19.4 Å². The number of amides is 1. The van der Waals surface area contributed by atoms with Gasteiger partial charge in [0.25, 0.3) is 5.91 Å². The number of thiophene rings is 1. The predicted molar refractivity (Wildman–Crippen MR) is 132 cm³/mol. The number of aryl methyl sites for hydroxylation is 3. The number of alkyl halides is 3. The van der Waals surface area contributed by atoms with Gasteiger partial charge in [0.2, 0.25) is 0 Å². The molecule has 1 fully saturated rings. The third-order valence-electron chi connectivity index (χ3n) is 6.87. The molecule has 0 radical (unpaired) electrons. The molecule has 35 heavy (non-hydrogen) atoms. The minimum absolute atomic E-state index is 0.0751. The topological polar surface area (TPSA) is 49.3 Å². The number of aromatic nitrogens is 2. The van der Waals surface area contributed by atoms with Gasteiger partial charge in [0.1, 0.15) is 16.5 Å². The summed E-state index contributed by atoms with van der Waals surface area (Å²) in [6.45, 7) is 4.18. The maximum Gasteiger partial charge on any atom is 0.416 e. The third kappa shape index (κ3) is 4.87. The Balaban J connectivity index is 1.40. The van der Waals surface area contributed by atoms with Crippen LogP contribution in [0.2, 0.25) is 0 Å². The van der Waals surface area contributed by atoms with Gasteiger partial charge in [0.05, 0.1) is 10.9 Å². The van der Waals surface area contributed by atoms with E-state index in [1.54, 1.807) is 16.2 Å². The molecule has 186 valence electrons. The molecule has 9 heteroatoms. The summed E-state index contributed by atoms with van der Waals surface area (Å²) < 4.78 is 39.3. The fourth-order valence-corrected chi connectivity index (χ4v) is 6.33. The number of benzene rings is 1. The van der Waals surface area contributed by atoms with Crippen molar-refractivity contribution in [2.75, 3.05) is 31.1 Å². The van der Waals surface area contributed by atoms with E-state index in [9.17, 15) is 18.0 Å². The van der Waals surface area contributed by atoms with Crippen LogP contribution in [0.4, 0.5) is 19.0 Å². The monoisotopic (exact) mass is 502 g/mol. The molecule has 0 bridgehead atoms. The third-order valence-corrected chi connectivity index (χ3v) is 8.05. The molecule has 2 aliphatic rings. The van der Waals surface area contributed by atoms with E-state index in [0.717, 1.165) is 54.3 Å². The van der Waals surface area contributed by atoms with E-state index in [0.29, 0.717) is 26.2 Å². The summed E-state index contributed by atoms with van der Waals surface area (Å²) in [5.41, 5.74) is 0.668. The van der Waals surface area contributed by atoms with E-state index in [2.05, 4.69) is 11.8 Å². The number of halogens is 3. The Hall–Kier alpha value is -2.68. The molecule has 0 unspecified atom stereocenters. The zero-order valence-electron chi connectivity index (χ0n) is 19.8. The summed E-state index contributed by atoms with van der Waals surface area (Å²) in [4.78, 5) is 29.2. The van der Waals surface area contributed by atoms with E-state index >= 15 is 0 Å². The van der Waals surface area contributed by atoms with Crippen LogP contribution in [0.3, 0.4) is 0 Å². The van der Waals surface area contributed by atoms with E-state index in [1.165, 1.54) is 47.2 Å². The average Bonchev–Trinajstić information content (AvgIpc) is 3.03. The van der Waals surface area contributed by atoms with Crippen molar-refractivity contribution >= 4 is 33.3 Å². The number of rotatable bonds is 4. The van der Waals surface area contributed by atoms with Crippen molar-refractivity contribution < 1.29 is 18.0 Å². The summed E-state index contributed by atoms with van der Waals surface area (Å²) in [5, 5.41) is 1.17. The zero-order chi connectivity index (χ0) is 24.6. The Morgan fingerprint density at radius 3 is 2.57 bits per heavy atom. The van der Waals surface area contributed by atoms with E-state index in [4.69, 9.17) is 9.97 Å². The van der Waals surface area contributed by atoms with Gasteiger partial charge in [0, 0.05) is 43.0 Å². The fraction of sp³-hybridized carbons (Fsp3) is 0.500. The quantitative estimate of drug-likeness (QED) is 0.417. The molecule has 1 amide bonds. The maximum absolute atomic E-state index is 13.1. The molecule has 1 aliphatic carbocycles. The maximum atomic E-state index is 13.1. The Labute approximate surface area is 207 Å². The van der Waals surface area contributed by atoms with Gasteiger partial charge in [0.15, 0.2) is 0 Å². The molecule has 5 rings (SSSR count). The first-order valence-corrected chi connectivity index (χ1v) is 13.2. The highest BCUT2D eigenvalue weighted by atomic mass is 32.1. The molecule has 3 heterocycles. The van der Waals surface area contributed by atoms with Crippen LogP contribution in [0, 0.1) is 0 Å². The number of anilines is 1. The molecule has 0 saturated carbocycles. The first kappa shape index (κ1) is 24.0. The smallest absolute Gasteiger partial charge is 0.352 e. The largest absolute Gasteiger partial charge is 0.416 e. The molecule has 5 nitrogen and oxygen atoms in total. The van der Waals surface area contributed by atoms with Gasteiger partial charge >= 0.3 is 6.18 Å². The van der Waals surface area contributed by atoms with Crippen LogP contribution in [0.15, 0.2) is 24.3 Å². The second-order valence-electron chi connectivity index (χ2n) is 9.32. The lowest BCUT2D eigenvalue weighted by molar-refractivity contribution is -0.137. The van der Waals surface area contributed by atoms with E-state index in [-0.39, 0.29) is 11.5 Å². The molecule has 0 atom stereocenters. The van der Waals surface area contributed by atoms with Crippen LogP contribution in [-0.2, 0) is 25.4 Å². The lowest BCUT2D eigenvalue weighted by atomic mass is 10.1. The number of carbonyl (C=O) groups excluding carboxylic acids is 1. The van der Waals surface area contributed by atoms with Crippen LogP contribution in [0.5, 0.6) is 0 Å². The number of hydrogen-bond acceptors (Lipinski definition) is 5. The summed E-state index contributed by atoms with van der Waals surface area (Å²) >= 11 is 1.80. The lowest BCUT2D eigenvalue weighted by Gasteiger charge is -2.36. The highest BCUT2D eigenvalue weighted by Crippen LogP contribution is 2.39. The summed E-state index contributed by atoms with van der Waals surface area (Å²) in [6, 6.07) is 4.68. The van der Waals surface area contributed by atoms with Gasteiger partial charge < -0.3 is 9.80 Å². The molecule has 3 aromatic rings. The number of fused-ring (bicyclic) bond motifs is 3. The normalized spacial score (nSPS) is 16.9. The van der Waals surface area contributed by atoms with Gasteiger partial charge in [-0.15, -0.1) is 11.3 Å². The number of nitrogens with zero attached hydrogens (tertiary/aromatic N) is 4. The van der Waals surface area contributed by atoms with Crippen molar-refractivity contribution in [3.8, 4) is 0 Å². The minimum atomic E-state index is -4.47. The Morgan fingerprint density at radius 2 is 1.83 bits per heavy atom. The number of hydrogen-bond donors (Lipinski definition) is 0. The standard InChI is InChI=1S/C26H29F3N4OS/c1-2-7-21-30-23(22-19-10-4-3-5-11-20(19)35-24(22)31-21)32-12-14-33(15-13-32)25(34)17-8-6-9-18(16-17)26(27,28)29/h6,8-9,16H,2-5,7,10-15H2,1H3. The zero-order valence-corrected chi connectivity index (χ0v) is 20.6. The minimum Gasteiger partial charge on any atom is -0.352 e. The summed E-state index contributed by atoms with van der Waals surface area (Å²) in [5.74, 6) is 1.46. The number of piperazine rings is 1. The van der Waals surface area contributed by atoms with Crippen molar-refractivity contribution in [3.63, 3.8) is 0 Å². The second kappa shape index (κ2) is 9.76. The molecule has 1 aliphatic heterocycles. The summed E-state index contributed by atoms with van der Waals surface area (Å²) in [6.07, 6.45) is 3.08. The number of carbonyl (C=O) groups is 1. The van der Waals surface area contributed by atoms with Gasteiger partial charge in [-0.2, -0.15) is 13.2 Å². The SMILES string of the molecule is CCCc1nc(N2CCN(C(=O)c3cccc(C(F)(F)F)c3)CC2)c2c3c(sc2n1)CCCCC3. The van der Waals surface area contributed by atoms with Crippen LogP contribution >= 0.6 is 11.3 Å². The molecule has 1 aromatic carbocycles. The van der Waals surface area contributed by atoms with Crippen LogP contribution in [0.25, 0.3) is 10.2 Å². The van der Waals surface area contributed by atoms with Crippen molar-refractivity contribution in [1.29, 1.82) is 0 Å². The van der Waals surface area contributed by atoms with Crippen molar-refractivity contribution in [1.82, 2.24) is 14.9 Å². The van der Waals surface area contributed by atoms with Gasteiger partial charge in [-0.05, 0) is 55.9 Å². The second-order valence-corrected chi connectivity index (χ2v) is 10.4. The van der Waals surface area contributed by atoms with Gasteiger partial charge in [-0.3, -0.25) is 4.79 Å². The Bertz CT molecular complexity index is 1230. The van der Waals surface area contributed by atoms with Crippen molar-refractivity contribution in [2.24, 2.45) is 0 Å². The molecular weight excluding hydrogens is 473 g/mol. The molecule has 0 N–H and O–H groups in total. The molecule has 1 saturated heterocycles. The highest BCUT2D eigenvalue weighted by Gasteiger charge is 2.32. The van der Waals surface area contributed by atoms with Crippen LogP contribution < -0.4 is 4.90 Å². The van der Waals surface area contributed by atoms with E-state index in [1.807, 2.05) is 0 Å².